The van der Waals surface area contributed by atoms with E-state index in [1.165, 1.54) is 0 Å². The van der Waals surface area contributed by atoms with E-state index in [4.69, 9.17) is 16.6 Å². The molecule has 0 bridgehead atoms. The van der Waals surface area contributed by atoms with Gasteiger partial charge < -0.3 is 32.5 Å². The number of hydrogen-bond donors (Lipinski definition) is 6. The molecule has 11 heteroatoms. The molecule has 0 unspecified atom stereocenters. The maximum atomic E-state index is 12.4. The molecule has 146 valence electrons. The number of carboxylic acids is 1. The van der Waals surface area contributed by atoms with Gasteiger partial charge in [-0.2, -0.15) is 0 Å². The molecular weight excluding hydrogens is 346 g/mol. The van der Waals surface area contributed by atoms with Crippen molar-refractivity contribution in [2.24, 2.45) is 11.5 Å². The van der Waals surface area contributed by atoms with Crippen molar-refractivity contribution in [3.63, 3.8) is 0 Å². The van der Waals surface area contributed by atoms with Crippen molar-refractivity contribution in [2.75, 3.05) is 6.54 Å². The fourth-order valence-corrected chi connectivity index (χ4v) is 2.55. The molecule has 1 heterocycles. The molecule has 1 aliphatic rings. The van der Waals surface area contributed by atoms with Gasteiger partial charge in [0.2, 0.25) is 23.6 Å². The van der Waals surface area contributed by atoms with Crippen molar-refractivity contribution in [3.05, 3.63) is 0 Å². The lowest BCUT2D eigenvalue weighted by molar-refractivity contribution is -0.142. The summed E-state index contributed by atoms with van der Waals surface area (Å²) in [6, 6.07) is -2.90. The predicted octanol–water partition coefficient (Wildman–Crippen LogP) is -2.68. The smallest absolute Gasteiger partial charge is 0.326 e. The van der Waals surface area contributed by atoms with E-state index in [0.717, 1.165) is 6.42 Å². The lowest BCUT2D eigenvalue weighted by Crippen LogP contribution is -2.54. The topological polar surface area (TPSA) is 194 Å². The molecule has 26 heavy (non-hydrogen) atoms. The summed E-state index contributed by atoms with van der Waals surface area (Å²) in [7, 11) is 0. The normalized spacial score (nSPS) is 18.5. The second kappa shape index (κ2) is 10.3. The molecule has 0 saturated carbocycles. The van der Waals surface area contributed by atoms with Crippen LogP contribution >= 0.6 is 0 Å². The zero-order chi connectivity index (χ0) is 19.7. The molecule has 4 amide bonds. The Kier molecular flexibility index (Phi) is 8.49. The van der Waals surface area contributed by atoms with Crippen LogP contribution in [-0.4, -0.2) is 59.4 Å². The van der Waals surface area contributed by atoms with E-state index in [1.807, 2.05) is 0 Å². The third kappa shape index (κ3) is 7.47. The molecule has 1 fully saturated rings. The zero-order valence-electron chi connectivity index (χ0n) is 14.3. The number of nitrogens with two attached hydrogens (primary N) is 2. The number of nitrogens with one attached hydrogen (secondary N) is 3. The molecule has 1 rings (SSSR count). The summed E-state index contributed by atoms with van der Waals surface area (Å²) in [5.41, 5.74) is 10.1. The largest absolute Gasteiger partial charge is 0.480 e. The van der Waals surface area contributed by atoms with Gasteiger partial charge in [-0.1, -0.05) is 0 Å². The summed E-state index contributed by atoms with van der Waals surface area (Å²) >= 11 is 0. The van der Waals surface area contributed by atoms with Gasteiger partial charge in [-0.25, -0.2) is 4.79 Å². The fourth-order valence-electron chi connectivity index (χ4n) is 2.55. The van der Waals surface area contributed by atoms with Crippen molar-refractivity contribution in [1.29, 1.82) is 0 Å². The maximum absolute atomic E-state index is 12.4. The lowest BCUT2D eigenvalue weighted by atomic mass is 10.1. The number of aliphatic carboxylic acids is 1. The second-order valence-electron chi connectivity index (χ2n) is 6.12. The van der Waals surface area contributed by atoms with Crippen LogP contribution in [0, 0.1) is 0 Å². The van der Waals surface area contributed by atoms with Crippen molar-refractivity contribution < 1.29 is 29.1 Å². The fraction of sp³-hybridized carbons (Fsp3) is 0.667. The van der Waals surface area contributed by atoms with Gasteiger partial charge >= 0.3 is 5.97 Å². The molecule has 0 aromatic carbocycles. The van der Waals surface area contributed by atoms with Crippen molar-refractivity contribution in [1.82, 2.24) is 16.0 Å². The van der Waals surface area contributed by atoms with Crippen molar-refractivity contribution >= 4 is 29.6 Å². The van der Waals surface area contributed by atoms with E-state index < -0.39 is 47.7 Å². The number of carboxylic acid groups (broad SMARTS) is 1. The molecular formula is C15H25N5O6. The molecule has 1 saturated heterocycles. The Morgan fingerprint density at radius 1 is 1.00 bits per heavy atom. The highest BCUT2D eigenvalue weighted by Gasteiger charge is 2.30. The summed E-state index contributed by atoms with van der Waals surface area (Å²) in [5.74, 6) is -3.86. The Balaban J connectivity index is 2.73. The van der Waals surface area contributed by atoms with Gasteiger partial charge in [0.25, 0.3) is 0 Å². The molecule has 8 N–H and O–H groups in total. The standard InChI is InChI=1S/C15H25N5O6/c16-11(21)5-3-9(19-13(23)8-2-1-7-18-8)14(24)20-10(15(25)26)4-6-12(17)22/h8-10,18H,1-7H2,(H2,16,21)(H2,17,22)(H,19,23)(H,20,24)(H,25,26)/t8-,9+,10+/m1/s1. The molecule has 0 aliphatic carbocycles. The molecule has 0 spiro atoms. The molecule has 1 aliphatic heterocycles. The number of rotatable bonds is 11. The van der Waals surface area contributed by atoms with Crippen LogP contribution in [0.25, 0.3) is 0 Å². The van der Waals surface area contributed by atoms with Gasteiger partial charge in [-0.15, -0.1) is 0 Å². The van der Waals surface area contributed by atoms with Gasteiger partial charge in [0.15, 0.2) is 0 Å². The second-order valence-corrected chi connectivity index (χ2v) is 6.12. The van der Waals surface area contributed by atoms with Crippen LogP contribution in [0.2, 0.25) is 0 Å². The number of amides is 4. The number of carbonyl (C=O) groups excluding carboxylic acids is 4. The van der Waals surface area contributed by atoms with Gasteiger partial charge in [0, 0.05) is 12.8 Å². The Hall–Kier alpha value is -2.69. The van der Waals surface area contributed by atoms with Crippen molar-refractivity contribution in [3.8, 4) is 0 Å². The number of carbonyl (C=O) groups is 5. The van der Waals surface area contributed by atoms with Crippen LogP contribution in [0.5, 0.6) is 0 Å². The molecule has 11 nitrogen and oxygen atoms in total. The molecule has 3 atom stereocenters. The minimum absolute atomic E-state index is 0.0677. The summed E-state index contributed by atoms with van der Waals surface area (Å²) in [4.78, 5) is 57.6. The van der Waals surface area contributed by atoms with E-state index in [-0.39, 0.29) is 25.7 Å². The first-order valence-corrected chi connectivity index (χ1v) is 8.34. The summed E-state index contributed by atoms with van der Waals surface area (Å²) in [6.07, 6.45) is 0.812. The Labute approximate surface area is 150 Å². The van der Waals surface area contributed by atoms with E-state index >= 15 is 0 Å². The first-order chi connectivity index (χ1) is 12.2. The summed E-state index contributed by atoms with van der Waals surface area (Å²) in [6.45, 7) is 0.685. The quantitative estimate of drug-likeness (QED) is 0.228. The van der Waals surface area contributed by atoms with E-state index in [9.17, 15) is 24.0 Å². The van der Waals surface area contributed by atoms with Gasteiger partial charge in [-0.3, -0.25) is 19.2 Å². The maximum Gasteiger partial charge on any atom is 0.326 e. The van der Waals surface area contributed by atoms with Crippen LogP contribution in [0.15, 0.2) is 0 Å². The number of hydrogen-bond acceptors (Lipinski definition) is 6. The van der Waals surface area contributed by atoms with Crippen LogP contribution in [0.1, 0.15) is 38.5 Å². The van der Waals surface area contributed by atoms with Crippen LogP contribution in [-0.2, 0) is 24.0 Å². The Morgan fingerprint density at radius 2 is 1.58 bits per heavy atom. The highest BCUT2D eigenvalue weighted by molar-refractivity contribution is 5.92. The third-order valence-electron chi connectivity index (χ3n) is 3.98. The van der Waals surface area contributed by atoms with Crippen LogP contribution < -0.4 is 27.4 Å². The molecule has 0 aromatic heterocycles. The minimum Gasteiger partial charge on any atom is -0.480 e. The van der Waals surface area contributed by atoms with E-state index in [2.05, 4.69) is 16.0 Å². The van der Waals surface area contributed by atoms with Crippen molar-refractivity contribution in [2.45, 2.75) is 56.7 Å². The zero-order valence-corrected chi connectivity index (χ0v) is 14.3. The summed E-state index contributed by atoms with van der Waals surface area (Å²) in [5, 5.41) is 16.9. The Bertz CT molecular complexity index is 561. The monoisotopic (exact) mass is 371 g/mol. The highest BCUT2D eigenvalue weighted by Crippen LogP contribution is 2.07. The SMILES string of the molecule is NC(=O)CC[C@H](NC(=O)[C@H](CCC(N)=O)NC(=O)[C@H]1CCCN1)C(=O)O. The Morgan fingerprint density at radius 3 is 2.04 bits per heavy atom. The average molecular weight is 371 g/mol. The first kappa shape index (κ1) is 21.4. The highest BCUT2D eigenvalue weighted by atomic mass is 16.4. The summed E-state index contributed by atoms with van der Waals surface area (Å²) < 4.78 is 0. The minimum atomic E-state index is -1.34. The van der Waals surface area contributed by atoms with Crippen LogP contribution in [0.3, 0.4) is 0 Å². The number of primary amides is 2. The van der Waals surface area contributed by atoms with Gasteiger partial charge in [0.1, 0.15) is 12.1 Å². The van der Waals surface area contributed by atoms with Gasteiger partial charge in [0.05, 0.1) is 6.04 Å². The molecule has 0 radical (unpaired) electrons. The average Bonchev–Trinajstić information content (AvgIpc) is 3.08. The third-order valence-corrected chi connectivity index (χ3v) is 3.98. The predicted molar refractivity (Wildman–Crippen MR) is 89.4 cm³/mol. The van der Waals surface area contributed by atoms with E-state index in [1.54, 1.807) is 0 Å². The molecule has 0 aromatic rings. The van der Waals surface area contributed by atoms with Gasteiger partial charge in [-0.05, 0) is 32.2 Å². The van der Waals surface area contributed by atoms with Crippen LogP contribution in [0.4, 0.5) is 0 Å². The van der Waals surface area contributed by atoms with E-state index in [0.29, 0.717) is 13.0 Å². The first-order valence-electron chi connectivity index (χ1n) is 8.34. The lowest BCUT2D eigenvalue weighted by Gasteiger charge is -2.22.